The molecule has 15 heteroatoms. The fourth-order valence-electron chi connectivity index (χ4n) is 9.36. The van der Waals surface area contributed by atoms with E-state index < -0.39 is 292 Å². The number of benzene rings is 10. The molecule has 0 bridgehead atoms. The highest BCUT2D eigenvalue weighted by molar-refractivity contribution is 7.11. The van der Waals surface area contributed by atoms with E-state index in [2.05, 4.69) is 16.0 Å². The van der Waals surface area contributed by atoms with Crippen molar-refractivity contribution in [2.24, 2.45) is 0 Å². The van der Waals surface area contributed by atoms with Crippen molar-refractivity contribution in [2.45, 2.75) is 62.5 Å². The van der Waals surface area contributed by atoms with E-state index in [0.29, 0.717) is 39.2 Å². The van der Waals surface area contributed by atoms with E-state index in [9.17, 15) is 0 Å². The first kappa shape index (κ1) is 32.9. The molecule has 105 heavy (non-hydrogen) atoms. The van der Waals surface area contributed by atoms with Crippen LogP contribution in [0.3, 0.4) is 0 Å². The Labute approximate surface area is 718 Å². The maximum atomic E-state index is 8.97. The third-order valence-electron chi connectivity index (χ3n) is 14.0. The van der Waals surface area contributed by atoms with Crippen molar-refractivity contribution in [1.82, 2.24) is 26.6 Å². The molecular weight excluding hydrogens is 1390 g/mol. The summed E-state index contributed by atoms with van der Waals surface area (Å²) in [4.78, 5) is 0.141. The van der Waals surface area contributed by atoms with Gasteiger partial charge in [-0.25, -0.2) is 0 Å². The van der Waals surface area contributed by atoms with Crippen LogP contribution in [0.5, 0.6) is 28.7 Å². The number of nitrogens with one attached hydrogen (secondary N) is 5. The number of rotatable bonds is 30. The van der Waals surface area contributed by atoms with E-state index in [1.54, 1.807) is 76.7 Å². The van der Waals surface area contributed by atoms with Crippen molar-refractivity contribution in [2.75, 3.05) is 67.5 Å². The standard InChI is InChI=1S/5C18H19NOS/c5*1-19-12-11-17(18-10-5-13-21-18)20-16-9-4-7-14-6-2-3-8-15(14)16/h5*2-10,13,17,19H,11-12H2,1H3/i1D3,2D,3D,4D,5D,6D,7D,8D,9D,10D,13D,17D;1D3,2D,3D,4D,6D,7D,8D,9D,11D2,12D2;1D3,2D,3D,4D,6D,7D,8D,9D;1D3,5D,10D,11D2,12D2,13D,17D;1D3,5D,10D,13D,17D. The molecule has 10 nitrogen and oxygen atoms in total. The summed E-state index contributed by atoms with van der Waals surface area (Å²) in [5.74, 6) is -1.08. The van der Waals surface area contributed by atoms with E-state index in [1.807, 2.05) is 30.3 Å². The quantitative estimate of drug-likeness (QED) is 0.0299. The van der Waals surface area contributed by atoms with E-state index in [1.165, 1.54) is 34.9 Å². The largest absolute Gasteiger partial charge is 0.484 e. The van der Waals surface area contributed by atoms with E-state index in [-0.39, 0.29) is 92.2 Å². The summed E-state index contributed by atoms with van der Waals surface area (Å²) in [6, 6.07) is 15.1. The van der Waals surface area contributed by atoms with Gasteiger partial charge in [0.1, 0.15) is 59.2 Å². The highest BCUT2D eigenvalue weighted by atomic mass is 32.1. The average molecular weight is 1540 g/mol. The summed E-state index contributed by atoms with van der Waals surface area (Å²) in [5, 5.41) is 13.5. The lowest BCUT2D eigenvalue weighted by molar-refractivity contribution is 0.201. The van der Waals surface area contributed by atoms with Crippen LogP contribution in [0.25, 0.3) is 53.9 Å². The van der Waals surface area contributed by atoms with Gasteiger partial charge in [0.2, 0.25) is 0 Å². The van der Waals surface area contributed by atoms with Gasteiger partial charge in [-0.05, 0) is 182 Å². The molecular formula is C90H95N5O5S5. The fourth-order valence-corrected chi connectivity index (χ4v) is 12.5. The molecule has 5 aromatic heterocycles. The van der Waals surface area contributed by atoms with Crippen molar-refractivity contribution in [3.8, 4) is 28.7 Å². The first-order valence-corrected chi connectivity index (χ1v) is 35.3. The Kier molecular flexibility index (Phi) is 13.2. The van der Waals surface area contributed by atoms with Gasteiger partial charge in [-0.3, -0.25) is 0 Å². The highest BCUT2D eigenvalue weighted by Gasteiger charge is 2.21. The Hall–Kier alpha value is -9.20. The second-order valence-corrected chi connectivity index (χ2v) is 25.0. The van der Waals surface area contributed by atoms with Crippen LogP contribution in [0.15, 0.2) is 299 Å². The Bertz CT molecular complexity index is 7920. The predicted molar refractivity (Wildman–Crippen MR) is 451 cm³/mol. The van der Waals surface area contributed by atoms with Crippen molar-refractivity contribution < 1.29 is 100 Å². The summed E-state index contributed by atoms with van der Waals surface area (Å²) < 4.78 is 474. The molecule has 15 aromatic rings. The number of ether oxygens (including phenoxy) is 5. The topological polar surface area (TPSA) is 106 Å². The smallest absolute Gasteiger partial charge is 0.134 e. The van der Waals surface area contributed by atoms with E-state index >= 15 is 0 Å². The Morgan fingerprint density at radius 2 is 0.705 bits per heavy atom. The third-order valence-corrected chi connectivity index (χ3v) is 18.1. The van der Waals surface area contributed by atoms with Gasteiger partial charge < -0.3 is 50.3 Å². The predicted octanol–water partition coefficient (Wildman–Crippen LogP) is 23.2. The Morgan fingerprint density at radius 3 is 1.16 bits per heavy atom. The lowest BCUT2D eigenvalue weighted by Crippen LogP contribution is -2.15. The second-order valence-electron chi connectivity index (χ2n) is 20.6. The van der Waals surface area contributed by atoms with Crippen LogP contribution in [0.1, 0.15) is 164 Å². The molecule has 0 fully saturated rings. The minimum Gasteiger partial charge on any atom is -0.484 e. The lowest BCUT2D eigenvalue weighted by Gasteiger charge is -2.19. The Balaban J connectivity index is 0.000000190. The number of hydrogen-bond acceptors (Lipinski definition) is 15. The minimum atomic E-state index is -3.40. The molecule has 0 amide bonds. The fraction of sp³-hybridized carbons (Fsp3) is 0.222. The molecule has 0 saturated heterocycles. The zero-order valence-corrected chi connectivity index (χ0v) is 58.6. The molecule has 15 rings (SSSR count). The van der Waals surface area contributed by atoms with Crippen LogP contribution < -0.4 is 50.3 Å². The van der Waals surface area contributed by atoms with Gasteiger partial charge in [-0.1, -0.05) is 212 Å². The number of hydrogen-bond donors (Lipinski definition) is 5. The summed E-state index contributed by atoms with van der Waals surface area (Å²) in [7, 11) is 0. The molecule has 5 heterocycles. The van der Waals surface area contributed by atoms with Crippen molar-refractivity contribution in [3.63, 3.8) is 0 Å². The third kappa shape index (κ3) is 22.4. The summed E-state index contributed by atoms with van der Waals surface area (Å²) in [5.41, 5.74) is 0. The van der Waals surface area contributed by atoms with Crippen molar-refractivity contribution in [1.29, 1.82) is 0 Å². The SMILES string of the molecule is [2H]c1c([2H])c([2H])c2c(OC(CCNC([2H])([2H])[2H])c3cccs3)c([2H])c([2H])c([2H])c2c1[2H].[2H]c1c([2H])c([2H])c2c(OC(c3cccs3)C([2H])([2H])C([2H])([2H])NC([2H])([2H])[2H])c([2H])c([2H])c([2H])c2c1[2H].[2H]c1sc(C([2H])(CCNC([2H])([2H])[2H])Oc2c([2H])c([2H])c([2H])c3c([2H])c([2H])c([2H])c([2H])c23)c([2H])c1[2H].[2H]c1sc(C([2H])(CCNC([2H])([2H])[2H])Oc2cccc3ccccc23)c([2H])c1[2H].[2H]c1sc(C([2H])(Oc2cccc3ccccc23)C([2H])([2H])C([2H])([2H])NC([2H])([2H])[2H])c([2H])c1[2H]. The first-order valence-electron chi connectivity index (χ1n) is 59.1. The van der Waals surface area contributed by atoms with Gasteiger partial charge in [0, 0.05) is 115 Å². The van der Waals surface area contributed by atoms with Gasteiger partial charge >= 0.3 is 0 Å². The van der Waals surface area contributed by atoms with Crippen LogP contribution >= 0.6 is 56.7 Å². The van der Waals surface area contributed by atoms with Gasteiger partial charge in [0.05, 0.1) is 45.2 Å². The second kappa shape index (κ2) is 42.1. The van der Waals surface area contributed by atoms with Gasteiger partial charge in [0.25, 0.3) is 0 Å². The maximum Gasteiger partial charge on any atom is 0.134 e. The molecule has 5 atom stereocenters. The highest BCUT2D eigenvalue weighted by Crippen LogP contribution is 2.38. The molecule has 10 aromatic carbocycles. The average Bonchev–Trinajstić information content (AvgIpc) is 1.60. The van der Waals surface area contributed by atoms with Crippen LogP contribution in [-0.2, 0) is 0 Å². The molecule has 5 unspecified atom stereocenters. The summed E-state index contributed by atoms with van der Waals surface area (Å²) in [6.45, 7) is -20.3. The Morgan fingerprint density at radius 1 is 0.314 bits per heavy atom. The summed E-state index contributed by atoms with van der Waals surface area (Å²) in [6.07, 6.45) is -16.7. The maximum absolute atomic E-state index is 8.97. The normalized spacial score (nSPS) is 22.1. The summed E-state index contributed by atoms with van der Waals surface area (Å²) >= 11 is 4.15. The number of thiophene rings is 5. The monoisotopic (exact) mass is 1540 g/mol. The van der Waals surface area contributed by atoms with Crippen LogP contribution in [0.2, 0.25) is 0 Å². The molecule has 0 radical (unpaired) electrons. The minimum absolute atomic E-state index is 0.00230. The molecule has 5 N–H and O–H groups in total. The van der Waals surface area contributed by atoms with E-state index in [4.69, 9.17) is 100 Å². The van der Waals surface area contributed by atoms with E-state index in [0.717, 1.165) is 38.3 Å². The molecule has 0 saturated carbocycles. The molecule has 0 aliphatic heterocycles. The van der Waals surface area contributed by atoms with Gasteiger partial charge in [-0.2, -0.15) is 0 Å². The molecule has 0 spiro atoms. The number of fused-ring (bicyclic) bond motifs is 5. The zero-order valence-electron chi connectivity index (χ0n) is 111. The molecule has 540 valence electrons. The van der Waals surface area contributed by atoms with Crippen molar-refractivity contribution in [3.05, 3.63) is 324 Å². The van der Waals surface area contributed by atoms with Crippen LogP contribution in [0.4, 0.5) is 0 Å². The van der Waals surface area contributed by atoms with Gasteiger partial charge in [-0.15, -0.1) is 56.7 Å². The van der Waals surface area contributed by atoms with Crippen LogP contribution in [0, 0.1) is 0 Å². The molecule has 0 aliphatic carbocycles. The lowest BCUT2D eigenvalue weighted by atomic mass is 10.1. The van der Waals surface area contributed by atoms with Gasteiger partial charge in [0.15, 0.2) is 0 Å². The van der Waals surface area contributed by atoms with Crippen molar-refractivity contribution >= 4 is 111 Å². The molecule has 0 aliphatic rings. The first-order chi connectivity index (χ1) is 74.1. The van der Waals surface area contributed by atoms with Crippen LogP contribution in [-0.4, -0.2) is 67.5 Å². The zero-order chi connectivity index (χ0) is 121.